The van der Waals surface area contributed by atoms with Crippen molar-refractivity contribution in [3.05, 3.63) is 57.1 Å². The number of carbonyl (C=O) groups excluding carboxylic acids is 1. The van der Waals surface area contributed by atoms with Gasteiger partial charge in [0.15, 0.2) is 23.1 Å². The SMILES string of the molecule is COc1c(Cl)ccc(CN(CCC(=O)NO)Cc2ccc(Cl)c(OC)c2F)c1F. The summed E-state index contributed by atoms with van der Waals surface area (Å²) in [6.45, 7) is 0.173. The fourth-order valence-electron chi connectivity index (χ4n) is 2.78. The van der Waals surface area contributed by atoms with Gasteiger partial charge in [0.2, 0.25) is 5.91 Å². The lowest BCUT2D eigenvalue weighted by atomic mass is 10.1. The number of hydroxylamine groups is 1. The number of rotatable bonds is 9. The van der Waals surface area contributed by atoms with Gasteiger partial charge in [-0.2, -0.15) is 0 Å². The molecule has 0 saturated heterocycles. The zero-order valence-corrected chi connectivity index (χ0v) is 17.3. The maximum atomic E-state index is 14.7. The first-order chi connectivity index (χ1) is 13.8. The van der Waals surface area contributed by atoms with Crippen LogP contribution in [0.15, 0.2) is 24.3 Å². The van der Waals surface area contributed by atoms with E-state index >= 15 is 0 Å². The van der Waals surface area contributed by atoms with E-state index < -0.39 is 17.5 Å². The number of hydrogen-bond acceptors (Lipinski definition) is 5. The second kappa shape index (κ2) is 10.6. The van der Waals surface area contributed by atoms with Crippen molar-refractivity contribution in [1.29, 1.82) is 0 Å². The molecule has 2 rings (SSSR count). The lowest BCUT2D eigenvalue weighted by Gasteiger charge is -2.23. The molecule has 0 radical (unpaired) electrons. The first-order valence-corrected chi connectivity index (χ1v) is 9.25. The van der Waals surface area contributed by atoms with Crippen LogP contribution < -0.4 is 15.0 Å². The third-order valence-corrected chi connectivity index (χ3v) is 4.83. The molecule has 0 bridgehead atoms. The maximum absolute atomic E-state index is 14.7. The molecule has 0 aliphatic carbocycles. The predicted molar refractivity (Wildman–Crippen MR) is 105 cm³/mol. The Morgan fingerprint density at radius 3 is 1.83 bits per heavy atom. The van der Waals surface area contributed by atoms with E-state index in [0.29, 0.717) is 0 Å². The summed E-state index contributed by atoms with van der Waals surface area (Å²) in [5.41, 5.74) is 2.03. The number of nitrogens with one attached hydrogen (secondary N) is 1. The van der Waals surface area contributed by atoms with Gasteiger partial charge in [-0.3, -0.25) is 14.9 Å². The van der Waals surface area contributed by atoms with Gasteiger partial charge in [-0.05, 0) is 12.1 Å². The summed E-state index contributed by atoms with van der Waals surface area (Å²) >= 11 is 11.8. The number of halogens is 4. The lowest BCUT2D eigenvalue weighted by Crippen LogP contribution is -2.29. The third-order valence-electron chi connectivity index (χ3n) is 4.23. The van der Waals surface area contributed by atoms with Gasteiger partial charge in [0.25, 0.3) is 0 Å². The molecular weight excluding hydrogens is 429 g/mol. The zero-order valence-electron chi connectivity index (χ0n) is 15.8. The molecule has 0 heterocycles. The average molecular weight is 449 g/mol. The molecule has 0 aromatic heterocycles. The largest absolute Gasteiger partial charge is 0.492 e. The second-order valence-corrected chi connectivity index (χ2v) is 6.92. The predicted octanol–water partition coefficient (Wildman–Crippen LogP) is 4.19. The van der Waals surface area contributed by atoms with Crippen molar-refractivity contribution >= 4 is 29.1 Å². The minimum Gasteiger partial charge on any atom is -0.492 e. The number of amides is 1. The van der Waals surface area contributed by atoms with Crippen molar-refractivity contribution in [2.24, 2.45) is 0 Å². The first-order valence-electron chi connectivity index (χ1n) is 8.49. The molecule has 2 aromatic carbocycles. The highest BCUT2D eigenvalue weighted by Crippen LogP contribution is 2.32. The molecular formula is C19H20Cl2F2N2O4. The minimum absolute atomic E-state index is 0.0302. The zero-order chi connectivity index (χ0) is 21.6. The van der Waals surface area contributed by atoms with Gasteiger partial charge >= 0.3 is 0 Å². The van der Waals surface area contributed by atoms with Gasteiger partial charge in [0.1, 0.15) is 0 Å². The van der Waals surface area contributed by atoms with Crippen LogP contribution in [0.3, 0.4) is 0 Å². The Hall–Kier alpha value is -2.13. The van der Waals surface area contributed by atoms with Crippen molar-refractivity contribution in [1.82, 2.24) is 10.4 Å². The molecule has 0 spiro atoms. The van der Waals surface area contributed by atoms with Gasteiger partial charge in [-0.15, -0.1) is 0 Å². The highest BCUT2D eigenvalue weighted by Gasteiger charge is 2.20. The van der Waals surface area contributed by atoms with Gasteiger partial charge in [0.05, 0.1) is 24.3 Å². The van der Waals surface area contributed by atoms with E-state index in [4.69, 9.17) is 37.9 Å². The van der Waals surface area contributed by atoms with Crippen LogP contribution >= 0.6 is 23.2 Å². The summed E-state index contributed by atoms with van der Waals surface area (Å²) in [7, 11) is 2.60. The van der Waals surface area contributed by atoms with Crippen molar-refractivity contribution in [2.75, 3.05) is 20.8 Å². The highest BCUT2D eigenvalue weighted by molar-refractivity contribution is 6.32. The van der Waals surface area contributed by atoms with E-state index in [9.17, 15) is 13.6 Å². The van der Waals surface area contributed by atoms with Crippen LogP contribution in [0.2, 0.25) is 10.0 Å². The fraction of sp³-hybridized carbons (Fsp3) is 0.316. The molecule has 10 heteroatoms. The van der Waals surface area contributed by atoms with Crippen LogP contribution in [0.25, 0.3) is 0 Å². The molecule has 29 heavy (non-hydrogen) atoms. The summed E-state index contributed by atoms with van der Waals surface area (Å²) in [6.07, 6.45) is -0.0881. The van der Waals surface area contributed by atoms with Crippen molar-refractivity contribution in [3.63, 3.8) is 0 Å². The third kappa shape index (κ3) is 5.70. The normalized spacial score (nSPS) is 10.9. The Balaban J connectivity index is 2.32. The monoisotopic (exact) mass is 448 g/mol. The Labute approximate surface area is 176 Å². The van der Waals surface area contributed by atoms with E-state index in [0.717, 1.165) is 0 Å². The van der Waals surface area contributed by atoms with E-state index in [-0.39, 0.29) is 58.7 Å². The Kier molecular flexibility index (Phi) is 8.45. The van der Waals surface area contributed by atoms with Crippen molar-refractivity contribution in [2.45, 2.75) is 19.5 Å². The van der Waals surface area contributed by atoms with Crippen LogP contribution in [-0.4, -0.2) is 36.8 Å². The summed E-state index contributed by atoms with van der Waals surface area (Å²) in [5, 5.41) is 8.95. The Morgan fingerprint density at radius 2 is 1.45 bits per heavy atom. The summed E-state index contributed by atoms with van der Waals surface area (Å²) in [6, 6.07) is 5.95. The van der Waals surface area contributed by atoms with Gasteiger partial charge < -0.3 is 9.47 Å². The van der Waals surface area contributed by atoms with E-state index in [2.05, 4.69) is 0 Å². The lowest BCUT2D eigenvalue weighted by molar-refractivity contribution is -0.129. The molecule has 0 aliphatic heterocycles. The van der Waals surface area contributed by atoms with Crippen LogP contribution in [0.5, 0.6) is 11.5 Å². The van der Waals surface area contributed by atoms with E-state index in [1.807, 2.05) is 0 Å². The molecule has 0 atom stereocenters. The molecule has 0 saturated carbocycles. The number of hydrogen-bond donors (Lipinski definition) is 2. The number of ether oxygens (including phenoxy) is 2. The Bertz CT molecular complexity index is 822. The first kappa shape index (κ1) is 23.2. The molecule has 2 N–H and O–H groups in total. The molecule has 2 aromatic rings. The minimum atomic E-state index is -0.647. The van der Waals surface area contributed by atoms with Crippen LogP contribution in [0.1, 0.15) is 17.5 Å². The quantitative estimate of drug-likeness (QED) is 0.444. The standard InChI is InChI=1S/C19H20Cl2F2N2O4/c1-28-18-13(20)5-3-11(16(18)22)9-25(8-7-15(26)24-27)10-12-4-6-14(21)19(29-2)17(12)23/h3-6,27H,7-10H2,1-2H3,(H,24,26). The second-order valence-electron chi connectivity index (χ2n) is 6.10. The number of carbonyl (C=O) groups is 1. The summed E-state index contributed by atoms with van der Waals surface area (Å²) < 4.78 is 39.3. The number of methoxy groups -OCH3 is 2. The number of nitrogens with zero attached hydrogens (tertiary/aromatic N) is 1. The number of benzene rings is 2. The summed E-state index contributed by atoms with van der Waals surface area (Å²) in [4.78, 5) is 13.1. The van der Waals surface area contributed by atoms with Gasteiger partial charge in [0, 0.05) is 37.2 Å². The molecule has 6 nitrogen and oxygen atoms in total. The average Bonchev–Trinajstić information content (AvgIpc) is 2.70. The van der Waals surface area contributed by atoms with Crippen LogP contribution in [-0.2, 0) is 17.9 Å². The summed E-state index contributed by atoms with van der Waals surface area (Å²) in [5.74, 6) is -2.12. The topological polar surface area (TPSA) is 71.0 Å². The van der Waals surface area contributed by atoms with Crippen molar-refractivity contribution in [3.8, 4) is 11.5 Å². The van der Waals surface area contributed by atoms with Gasteiger partial charge in [-0.1, -0.05) is 35.3 Å². The highest BCUT2D eigenvalue weighted by atomic mass is 35.5. The molecule has 0 unspecified atom stereocenters. The van der Waals surface area contributed by atoms with E-state index in [1.54, 1.807) is 4.90 Å². The molecule has 0 aliphatic rings. The van der Waals surface area contributed by atoms with Crippen molar-refractivity contribution < 1.29 is 28.3 Å². The van der Waals surface area contributed by atoms with Crippen LogP contribution in [0.4, 0.5) is 8.78 Å². The van der Waals surface area contributed by atoms with Gasteiger partial charge in [-0.25, -0.2) is 14.3 Å². The Morgan fingerprint density at radius 1 is 1.00 bits per heavy atom. The molecule has 1 amide bonds. The maximum Gasteiger partial charge on any atom is 0.244 e. The molecule has 158 valence electrons. The molecule has 0 fully saturated rings. The van der Waals surface area contributed by atoms with E-state index in [1.165, 1.54) is 44.0 Å². The smallest absolute Gasteiger partial charge is 0.244 e. The fourth-order valence-corrected chi connectivity index (χ4v) is 3.22. The van der Waals surface area contributed by atoms with Crippen LogP contribution in [0, 0.1) is 11.6 Å².